The summed E-state index contributed by atoms with van der Waals surface area (Å²) < 4.78 is 58.4. The van der Waals surface area contributed by atoms with Crippen LogP contribution in [-0.4, -0.2) is 29.9 Å². The monoisotopic (exact) mass is 550 g/mol. The van der Waals surface area contributed by atoms with Crippen LogP contribution in [0.2, 0.25) is 0 Å². The molecule has 2 N–H and O–H groups in total. The fourth-order valence-corrected chi connectivity index (χ4v) is 8.66. The van der Waals surface area contributed by atoms with Crippen LogP contribution in [0.4, 0.5) is 0 Å². The quantitative estimate of drug-likeness (QED) is 0.372. The Labute approximate surface area is 226 Å². The van der Waals surface area contributed by atoms with Gasteiger partial charge < -0.3 is 0 Å². The lowest BCUT2D eigenvalue weighted by atomic mass is 9.65. The van der Waals surface area contributed by atoms with Crippen LogP contribution in [0.15, 0.2) is 108 Å². The van der Waals surface area contributed by atoms with Gasteiger partial charge in [0.15, 0.2) is 0 Å². The summed E-state index contributed by atoms with van der Waals surface area (Å²) in [6.45, 7) is 7.16. The van der Waals surface area contributed by atoms with Crippen LogP contribution in [0, 0.1) is 13.8 Å². The number of aryl methyl sites for hydroxylation is 2. The highest BCUT2D eigenvalue weighted by atomic mass is 32.2. The minimum absolute atomic E-state index is 0.0968. The van der Waals surface area contributed by atoms with Crippen molar-refractivity contribution in [3.63, 3.8) is 0 Å². The summed E-state index contributed by atoms with van der Waals surface area (Å²) in [5.41, 5.74) is 2.81. The first-order valence-corrected chi connectivity index (χ1v) is 15.5. The summed E-state index contributed by atoms with van der Waals surface area (Å²) in [6.07, 6.45) is 5.70. The predicted octanol–water partition coefficient (Wildman–Crippen LogP) is 4.87. The molecule has 2 atom stereocenters. The Morgan fingerprint density at radius 2 is 1.32 bits per heavy atom. The Balaban J connectivity index is 1.69. The number of hydrogen-bond acceptors (Lipinski definition) is 4. The highest BCUT2D eigenvalue weighted by Gasteiger charge is 2.57. The average Bonchev–Trinajstić information content (AvgIpc) is 2.90. The van der Waals surface area contributed by atoms with Crippen molar-refractivity contribution in [1.29, 1.82) is 0 Å². The molecule has 4 rings (SSSR count). The number of sulfonamides is 2. The van der Waals surface area contributed by atoms with Gasteiger partial charge in [0.25, 0.3) is 0 Å². The molecule has 3 aromatic rings. The van der Waals surface area contributed by atoms with E-state index in [1.165, 1.54) is 0 Å². The van der Waals surface area contributed by atoms with Gasteiger partial charge in [-0.15, -0.1) is 0 Å². The van der Waals surface area contributed by atoms with Gasteiger partial charge in [-0.05, 0) is 56.0 Å². The average molecular weight is 551 g/mol. The predicted molar refractivity (Wildman–Crippen MR) is 153 cm³/mol. The summed E-state index contributed by atoms with van der Waals surface area (Å²) in [7, 11) is -7.90. The van der Waals surface area contributed by atoms with E-state index in [1.54, 1.807) is 25.1 Å². The first-order chi connectivity index (χ1) is 17.9. The molecule has 200 valence electrons. The molecule has 38 heavy (non-hydrogen) atoms. The van der Waals surface area contributed by atoms with Crippen molar-refractivity contribution in [3.8, 4) is 0 Å². The van der Waals surface area contributed by atoms with Gasteiger partial charge in [-0.2, -0.15) is 0 Å². The summed E-state index contributed by atoms with van der Waals surface area (Å²) in [4.78, 5) is 0.189. The Morgan fingerprint density at radius 3 is 1.95 bits per heavy atom. The van der Waals surface area contributed by atoms with Crippen molar-refractivity contribution in [2.75, 3.05) is 13.1 Å². The van der Waals surface area contributed by atoms with Crippen LogP contribution in [0.1, 0.15) is 36.1 Å². The van der Waals surface area contributed by atoms with Crippen LogP contribution in [0.25, 0.3) is 0 Å². The van der Waals surface area contributed by atoms with Crippen molar-refractivity contribution in [3.05, 3.63) is 125 Å². The van der Waals surface area contributed by atoms with E-state index in [0.717, 1.165) is 16.7 Å². The van der Waals surface area contributed by atoms with Crippen LogP contribution >= 0.6 is 0 Å². The third-order valence-corrected chi connectivity index (χ3v) is 11.0. The molecule has 6 nitrogen and oxygen atoms in total. The van der Waals surface area contributed by atoms with Crippen molar-refractivity contribution in [2.45, 2.75) is 42.8 Å². The van der Waals surface area contributed by atoms with Gasteiger partial charge in [-0.25, -0.2) is 26.3 Å². The van der Waals surface area contributed by atoms with Crippen molar-refractivity contribution < 1.29 is 16.8 Å². The molecule has 0 fully saturated rings. The van der Waals surface area contributed by atoms with E-state index in [2.05, 4.69) is 9.44 Å². The van der Waals surface area contributed by atoms with E-state index in [0.29, 0.717) is 11.1 Å². The molecule has 1 aliphatic carbocycles. The Morgan fingerprint density at radius 1 is 0.737 bits per heavy atom. The Bertz CT molecular complexity index is 1580. The fraction of sp³-hybridized carbons (Fsp3) is 0.267. The molecule has 0 saturated heterocycles. The number of benzene rings is 3. The maximum atomic E-state index is 14.4. The third-order valence-electron chi connectivity index (χ3n) is 7.22. The van der Waals surface area contributed by atoms with Gasteiger partial charge in [-0.3, -0.25) is 0 Å². The van der Waals surface area contributed by atoms with E-state index < -0.39 is 30.2 Å². The molecule has 0 bridgehead atoms. The fourth-order valence-electron chi connectivity index (χ4n) is 5.18. The van der Waals surface area contributed by atoms with Gasteiger partial charge >= 0.3 is 0 Å². The van der Waals surface area contributed by atoms with Gasteiger partial charge in [0.05, 0.1) is 4.90 Å². The lowest BCUT2D eigenvalue weighted by Gasteiger charge is -2.47. The molecule has 8 heteroatoms. The number of nitrogens with one attached hydrogen (secondary N) is 2. The SMILES string of the molecule is CC1=C[C@](c2ccccc2)(S(=O)(=O)NCCNS(=O)(=O)c2cc(C)ccc2C)[C@@](C)(c2ccccc2)C=C1. The van der Waals surface area contributed by atoms with Crippen LogP contribution in [0.3, 0.4) is 0 Å². The molecule has 0 saturated carbocycles. The molecule has 0 aromatic heterocycles. The summed E-state index contributed by atoms with van der Waals surface area (Å²) in [5.74, 6) is 0. The van der Waals surface area contributed by atoms with Crippen LogP contribution in [-0.2, 0) is 30.2 Å². The Kier molecular flexibility index (Phi) is 7.81. The van der Waals surface area contributed by atoms with E-state index >= 15 is 0 Å². The van der Waals surface area contributed by atoms with Gasteiger partial charge in [-0.1, -0.05) is 96.6 Å². The standard InChI is InChI=1S/C30H34N2O4S2/c1-23-15-16-25(3)28(21-23)37(33,34)31-19-20-32-38(35,36)30(27-13-9-6-10-14-27)22-24(2)17-18-29(30,4)26-11-7-5-8-12-26/h5-18,21-22,31-32H,19-20H2,1-4H3/t29-,30-/m1/s1. The highest BCUT2D eigenvalue weighted by molar-refractivity contribution is 7.90. The second-order valence-electron chi connectivity index (χ2n) is 9.96. The largest absolute Gasteiger partial charge is 0.240 e. The van der Waals surface area contributed by atoms with Gasteiger partial charge in [0.2, 0.25) is 20.0 Å². The Hall–Kier alpha value is -3.04. The van der Waals surface area contributed by atoms with Crippen molar-refractivity contribution >= 4 is 20.0 Å². The smallest absolute Gasteiger partial charge is 0.213 e. The molecule has 0 spiro atoms. The number of rotatable bonds is 9. The summed E-state index contributed by atoms with van der Waals surface area (Å²) in [5, 5.41) is 0. The van der Waals surface area contributed by atoms with E-state index in [9.17, 15) is 16.8 Å². The number of hydrogen-bond donors (Lipinski definition) is 2. The molecule has 0 radical (unpaired) electrons. The molecular weight excluding hydrogens is 516 g/mol. The van der Waals surface area contributed by atoms with Gasteiger partial charge in [0.1, 0.15) is 4.75 Å². The minimum Gasteiger partial charge on any atom is -0.213 e. The maximum absolute atomic E-state index is 14.4. The van der Waals surface area contributed by atoms with Crippen LogP contribution < -0.4 is 9.44 Å². The van der Waals surface area contributed by atoms with Crippen molar-refractivity contribution in [1.82, 2.24) is 9.44 Å². The van der Waals surface area contributed by atoms with E-state index in [4.69, 9.17) is 0 Å². The third kappa shape index (κ3) is 5.01. The van der Waals surface area contributed by atoms with E-state index in [1.807, 2.05) is 99.7 Å². The second-order valence-corrected chi connectivity index (χ2v) is 13.6. The molecule has 0 amide bonds. The lowest BCUT2D eigenvalue weighted by Crippen LogP contribution is -2.56. The molecule has 3 aromatic carbocycles. The second kappa shape index (κ2) is 10.6. The minimum atomic E-state index is -4.10. The topological polar surface area (TPSA) is 92.3 Å². The summed E-state index contributed by atoms with van der Waals surface area (Å²) in [6, 6.07) is 24.0. The molecule has 0 aliphatic heterocycles. The number of allylic oxidation sites excluding steroid dienone is 3. The zero-order valence-electron chi connectivity index (χ0n) is 22.1. The van der Waals surface area contributed by atoms with Gasteiger partial charge in [0, 0.05) is 18.5 Å². The lowest BCUT2D eigenvalue weighted by molar-refractivity contribution is 0.432. The van der Waals surface area contributed by atoms with Crippen molar-refractivity contribution in [2.24, 2.45) is 0 Å². The first kappa shape index (κ1) is 28.0. The highest BCUT2D eigenvalue weighted by Crippen LogP contribution is 2.52. The molecular formula is C30H34N2O4S2. The van der Waals surface area contributed by atoms with Crippen LogP contribution in [0.5, 0.6) is 0 Å². The molecule has 1 aliphatic rings. The first-order valence-electron chi connectivity index (χ1n) is 12.5. The zero-order valence-corrected chi connectivity index (χ0v) is 23.7. The molecule has 0 unspecified atom stereocenters. The van der Waals surface area contributed by atoms with E-state index in [-0.39, 0.29) is 18.0 Å². The maximum Gasteiger partial charge on any atom is 0.240 e. The normalized spacial score (nSPS) is 21.7. The summed E-state index contributed by atoms with van der Waals surface area (Å²) >= 11 is 0. The molecule has 0 heterocycles. The zero-order chi connectivity index (χ0) is 27.6.